The Hall–Kier alpha value is -2.67. The van der Waals surface area contributed by atoms with Crippen molar-refractivity contribution < 1.29 is 17.7 Å². The molecule has 4 nitrogen and oxygen atoms in total. The third-order valence-corrected chi connectivity index (χ3v) is 8.07. The van der Waals surface area contributed by atoms with E-state index in [1.54, 1.807) is 12.1 Å². The van der Waals surface area contributed by atoms with Crippen LogP contribution in [0, 0.1) is 5.92 Å². The number of benzene rings is 2. The lowest BCUT2D eigenvalue weighted by Gasteiger charge is -2.24. The molecular weight excluding hydrogens is 511 g/mol. The molecule has 0 aliphatic heterocycles. The molecule has 217 valence electrons. The average Bonchev–Trinajstić information content (AvgIpc) is 3.66. The number of rotatable bonds is 16. The molecule has 7 heteroatoms. The molecule has 2 aromatic carbocycles. The third-order valence-electron chi connectivity index (χ3n) is 8.07. The Labute approximate surface area is 237 Å². The fourth-order valence-corrected chi connectivity index (χ4v) is 5.69. The van der Waals surface area contributed by atoms with E-state index in [2.05, 4.69) is 17.1 Å². The summed E-state index contributed by atoms with van der Waals surface area (Å²) in [6.45, 7) is 2.76. The van der Waals surface area contributed by atoms with Crippen LogP contribution in [0.1, 0.15) is 119 Å². The smallest absolute Gasteiger partial charge is 0.334 e. The number of nitrogens with zero attached hydrogens (tertiary/aromatic N) is 3. The number of alkyl halides is 3. The predicted molar refractivity (Wildman–Crippen MR) is 153 cm³/mol. The van der Waals surface area contributed by atoms with Gasteiger partial charge >= 0.3 is 6.18 Å². The van der Waals surface area contributed by atoms with Gasteiger partial charge < -0.3 is 4.52 Å². The number of halogens is 3. The first-order valence-corrected chi connectivity index (χ1v) is 15.2. The Morgan fingerprint density at radius 1 is 0.850 bits per heavy atom. The van der Waals surface area contributed by atoms with Crippen molar-refractivity contribution in [2.24, 2.45) is 5.92 Å². The van der Waals surface area contributed by atoms with Crippen molar-refractivity contribution in [3.05, 3.63) is 71.0 Å². The quantitative estimate of drug-likeness (QED) is 0.166. The van der Waals surface area contributed by atoms with Gasteiger partial charge in [-0.3, -0.25) is 0 Å². The first kappa shape index (κ1) is 30.3. The monoisotopic (exact) mass is 554 g/mol. The first-order chi connectivity index (χ1) is 19.4. The number of hydrogen-bond acceptors (Lipinski definition) is 3. The number of hydrogen-bond donors (Lipinski definition) is 0. The number of aryl methyl sites for hydroxylation is 1. The fourth-order valence-electron chi connectivity index (χ4n) is 5.69. The molecule has 0 N–H and O–H groups in total. The van der Waals surface area contributed by atoms with E-state index in [4.69, 9.17) is 9.84 Å². The van der Waals surface area contributed by atoms with Gasteiger partial charge in [-0.05, 0) is 60.6 Å². The zero-order valence-corrected chi connectivity index (χ0v) is 23.8. The van der Waals surface area contributed by atoms with E-state index in [1.165, 1.54) is 63.5 Å². The molecule has 1 aliphatic rings. The highest BCUT2D eigenvalue weighted by Gasteiger charge is 2.31. The van der Waals surface area contributed by atoms with Crippen LogP contribution >= 0.6 is 0 Å². The Bertz CT molecular complexity index is 1120. The summed E-state index contributed by atoms with van der Waals surface area (Å²) in [5, 5.41) is 9.15. The molecule has 1 saturated carbocycles. The summed E-state index contributed by atoms with van der Waals surface area (Å²) >= 11 is 0. The Balaban J connectivity index is 1.25. The molecule has 1 heterocycles. The predicted octanol–water partition coefficient (Wildman–Crippen LogP) is 9.86. The standard InChI is InChI=1S/C33H43F3N3O/c1-2-3-4-5-6-7-8-9-10-15-30-38-32(40-39-30)28-18-16-25(17-19-28)24-37-31(26-13-11-12-14-26)27-20-22-29(23-21-27)33(34,35)36/h16-23,26,31H,2-15,24H2,1H3. The molecule has 1 aliphatic carbocycles. The summed E-state index contributed by atoms with van der Waals surface area (Å²) in [5.74, 6) is 1.66. The molecule has 0 saturated heterocycles. The molecule has 1 fully saturated rings. The van der Waals surface area contributed by atoms with E-state index in [-0.39, 0.29) is 6.04 Å². The van der Waals surface area contributed by atoms with Crippen LogP contribution in [0.15, 0.2) is 53.1 Å². The van der Waals surface area contributed by atoms with Crippen LogP contribution in [0.25, 0.3) is 11.5 Å². The Morgan fingerprint density at radius 3 is 2.10 bits per heavy atom. The summed E-state index contributed by atoms with van der Waals surface area (Å²) < 4.78 is 44.7. The minimum atomic E-state index is -4.33. The second-order valence-electron chi connectivity index (χ2n) is 11.2. The maximum absolute atomic E-state index is 13.0. The third kappa shape index (κ3) is 9.18. The normalized spacial score (nSPS) is 15.1. The highest BCUT2D eigenvalue weighted by Crippen LogP contribution is 2.38. The highest BCUT2D eigenvalue weighted by atomic mass is 19.4. The molecule has 1 unspecified atom stereocenters. The van der Waals surface area contributed by atoms with Crippen molar-refractivity contribution in [1.29, 1.82) is 0 Å². The minimum Gasteiger partial charge on any atom is -0.334 e. The van der Waals surface area contributed by atoms with Crippen molar-refractivity contribution in [2.75, 3.05) is 0 Å². The molecule has 0 amide bonds. The molecular formula is C33H43F3N3O. The van der Waals surface area contributed by atoms with E-state index in [0.717, 1.165) is 61.0 Å². The van der Waals surface area contributed by atoms with Crippen molar-refractivity contribution in [2.45, 2.75) is 116 Å². The largest absolute Gasteiger partial charge is 0.416 e. The van der Waals surface area contributed by atoms with Crippen LogP contribution in [0.2, 0.25) is 0 Å². The van der Waals surface area contributed by atoms with E-state index in [1.807, 2.05) is 24.3 Å². The topological polar surface area (TPSA) is 53.0 Å². The molecule has 0 spiro atoms. The summed E-state index contributed by atoms with van der Waals surface area (Å²) in [6, 6.07) is 13.4. The maximum Gasteiger partial charge on any atom is 0.416 e. The number of aromatic nitrogens is 2. The lowest BCUT2D eigenvalue weighted by Crippen LogP contribution is -2.21. The molecule has 40 heavy (non-hydrogen) atoms. The van der Waals surface area contributed by atoms with Crippen LogP contribution in [-0.2, 0) is 19.1 Å². The summed E-state index contributed by atoms with van der Waals surface area (Å²) in [7, 11) is 0. The molecule has 1 radical (unpaired) electrons. The maximum atomic E-state index is 13.0. The fraction of sp³-hybridized carbons (Fsp3) is 0.576. The second kappa shape index (κ2) is 15.4. The Morgan fingerprint density at radius 2 is 1.48 bits per heavy atom. The zero-order valence-electron chi connectivity index (χ0n) is 23.8. The lowest BCUT2D eigenvalue weighted by molar-refractivity contribution is -0.137. The summed E-state index contributed by atoms with van der Waals surface area (Å²) in [6.07, 6.45) is 12.5. The first-order valence-electron chi connectivity index (χ1n) is 15.2. The average molecular weight is 555 g/mol. The van der Waals surface area contributed by atoms with Gasteiger partial charge in [-0.1, -0.05) is 101 Å². The van der Waals surface area contributed by atoms with E-state index < -0.39 is 11.7 Å². The van der Waals surface area contributed by atoms with Gasteiger partial charge in [0.25, 0.3) is 5.89 Å². The van der Waals surface area contributed by atoms with Crippen molar-refractivity contribution in [1.82, 2.24) is 15.5 Å². The van der Waals surface area contributed by atoms with Gasteiger partial charge in [0.1, 0.15) is 0 Å². The lowest BCUT2D eigenvalue weighted by atomic mass is 9.91. The molecule has 4 rings (SSSR count). The van der Waals surface area contributed by atoms with Crippen molar-refractivity contribution in [3.63, 3.8) is 0 Å². The van der Waals surface area contributed by atoms with Gasteiger partial charge in [0.15, 0.2) is 5.82 Å². The van der Waals surface area contributed by atoms with Crippen LogP contribution in [0.3, 0.4) is 0 Å². The Kier molecular flexibility index (Phi) is 11.6. The highest BCUT2D eigenvalue weighted by molar-refractivity contribution is 5.53. The van der Waals surface area contributed by atoms with Gasteiger partial charge in [-0.15, -0.1) is 0 Å². The SMILES string of the molecule is CCCCCCCCCCCc1noc(-c2ccc(C[N]C(c3ccc(C(F)(F)F)cc3)C3CCCC3)cc2)n1. The minimum absolute atomic E-state index is 0.0935. The van der Waals surface area contributed by atoms with Gasteiger partial charge in [-0.2, -0.15) is 18.2 Å². The van der Waals surface area contributed by atoms with E-state index >= 15 is 0 Å². The molecule has 0 bridgehead atoms. The van der Waals surface area contributed by atoms with Gasteiger partial charge in [0.2, 0.25) is 0 Å². The van der Waals surface area contributed by atoms with Crippen LogP contribution in [0.4, 0.5) is 13.2 Å². The number of unbranched alkanes of at least 4 members (excludes halogenated alkanes) is 8. The van der Waals surface area contributed by atoms with Gasteiger partial charge in [0.05, 0.1) is 11.6 Å². The van der Waals surface area contributed by atoms with Crippen LogP contribution < -0.4 is 5.32 Å². The van der Waals surface area contributed by atoms with Crippen molar-refractivity contribution >= 4 is 0 Å². The molecule has 3 aromatic rings. The van der Waals surface area contributed by atoms with E-state index in [0.29, 0.717) is 18.4 Å². The van der Waals surface area contributed by atoms with Gasteiger partial charge in [-0.25, -0.2) is 5.32 Å². The second-order valence-corrected chi connectivity index (χ2v) is 11.2. The molecule has 1 aromatic heterocycles. The van der Waals surface area contributed by atoms with Crippen LogP contribution in [0.5, 0.6) is 0 Å². The molecule has 1 atom stereocenters. The van der Waals surface area contributed by atoms with Crippen LogP contribution in [-0.4, -0.2) is 10.1 Å². The zero-order chi connectivity index (χ0) is 28.2. The van der Waals surface area contributed by atoms with Gasteiger partial charge in [0, 0.05) is 18.5 Å². The van der Waals surface area contributed by atoms with E-state index in [9.17, 15) is 13.2 Å². The summed E-state index contributed by atoms with van der Waals surface area (Å²) in [4.78, 5) is 4.59. The van der Waals surface area contributed by atoms with Crippen molar-refractivity contribution in [3.8, 4) is 11.5 Å². The summed E-state index contributed by atoms with van der Waals surface area (Å²) in [5.41, 5.74) is 2.17.